The highest BCUT2D eigenvalue weighted by Gasteiger charge is 2.40. The molecule has 4 amide bonds. The van der Waals surface area contributed by atoms with Crippen molar-refractivity contribution in [2.75, 3.05) is 13.7 Å². The zero-order valence-corrected chi connectivity index (χ0v) is 27.1. The van der Waals surface area contributed by atoms with Crippen LogP contribution in [0.4, 0.5) is 0 Å². The van der Waals surface area contributed by atoms with Crippen molar-refractivity contribution in [3.8, 4) is 0 Å². The molecule has 0 bridgehead atoms. The Kier molecular flexibility index (Phi) is 12.0. The third-order valence-electron chi connectivity index (χ3n) is 9.28. The number of aromatic nitrogens is 1. The Hall–Kier alpha value is -3.89. The maximum absolute atomic E-state index is 14.0. The van der Waals surface area contributed by atoms with Crippen LogP contribution in [0.2, 0.25) is 0 Å². The van der Waals surface area contributed by atoms with Gasteiger partial charge in [-0.15, -0.1) is 0 Å². The van der Waals surface area contributed by atoms with Crippen molar-refractivity contribution >= 4 is 40.3 Å². The molecule has 45 heavy (non-hydrogen) atoms. The number of piperidine rings is 1. The summed E-state index contributed by atoms with van der Waals surface area (Å²) in [6, 6.07) is 4.25. The Morgan fingerprint density at radius 2 is 1.67 bits per heavy atom. The van der Waals surface area contributed by atoms with Gasteiger partial charge in [-0.3, -0.25) is 19.2 Å². The average Bonchev–Trinajstić information content (AvgIpc) is 3.40. The minimum atomic E-state index is -1.00. The Morgan fingerprint density at radius 3 is 2.40 bits per heavy atom. The lowest BCUT2D eigenvalue weighted by atomic mass is 9.93. The molecule has 5 atom stereocenters. The van der Waals surface area contributed by atoms with Gasteiger partial charge in [-0.1, -0.05) is 57.7 Å². The van der Waals surface area contributed by atoms with E-state index in [0.717, 1.165) is 48.6 Å². The van der Waals surface area contributed by atoms with Gasteiger partial charge in [0.1, 0.15) is 37.1 Å². The van der Waals surface area contributed by atoms with E-state index in [1.165, 1.54) is 0 Å². The highest BCUT2D eigenvalue weighted by Crippen LogP contribution is 2.24. The minimum absolute atomic E-state index is 0.154. The van der Waals surface area contributed by atoms with Gasteiger partial charge in [-0.25, -0.2) is 0 Å². The summed E-state index contributed by atoms with van der Waals surface area (Å²) in [4.78, 5) is 74.1. The van der Waals surface area contributed by atoms with E-state index in [1.54, 1.807) is 29.9 Å². The first kappa shape index (κ1) is 34.0. The van der Waals surface area contributed by atoms with Crippen molar-refractivity contribution in [3.05, 3.63) is 36.0 Å². The van der Waals surface area contributed by atoms with E-state index in [1.807, 2.05) is 38.1 Å². The van der Waals surface area contributed by atoms with E-state index in [9.17, 15) is 24.0 Å². The molecule has 1 aromatic heterocycles. The molecule has 3 N–H and O–H groups in total. The molecule has 2 aliphatic rings. The number of para-hydroxylation sites is 1. The molecule has 1 unspecified atom stereocenters. The molecule has 2 fully saturated rings. The van der Waals surface area contributed by atoms with Crippen LogP contribution in [0.25, 0.3) is 10.9 Å². The molecular weight excluding hydrogens is 574 g/mol. The Morgan fingerprint density at radius 1 is 0.956 bits per heavy atom. The van der Waals surface area contributed by atoms with E-state index < -0.39 is 36.0 Å². The molecule has 4 rings (SSSR count). The van der Waals surface area contributed by atoms with E-state index in [-0.39, 0.29) is 29.9 Å². The second-order valence-electron chi connectivity index (χ2n) is 12.6. The van der Waals surface area contributed by atoms with Crippen molar-refractivity contribution in [1.82, 2.24) is 25.6 Å². The molecule has 0 saturated carbocycles. The normalized spacial score (nSPS) is 23.7. The van der Waals surface area contributed by atoms with Crippen LogP contribution in [0.5, 0.6) is 0 Å². The summed E-state index contributed by atoms with van der Waals surface area (Å²) in [6.45, 7) is 5.88. The summed E-state index contributed by atoms with van der Waals surface area (Å²) in [5, 5.41) is 9.77. The number of Topliss-reactive ketones (excluding diaryl/α,β-unsaturated/α-hetero) is 1. The number of carbonyl (C=O) groups excluding carboxylic acids is 5. The molecule has 2 aromatic rings. The molecule has 11 heteroatoms. The summed E-state index contributed by atoms with van der Waals surface area (Å²) >= 11 is 0. The monoisotopic (exact) mass is 623 g/mol. The fourth-order valence-corrected chi connectivity index (χ4v) is 6.43. The van der Waals surface area contributed by atoms with Crippen LogP contribution in [0.15, 0.2) is 30.5 Å². The SMILES string of the molecule is CCC(C)[C@@H]1NC(=O)[C@H](Cc2cn(OC)c3ccccc23)NC(=O)[C@H](CCCCCCC(C)=O)NC(=O)[C@H]2CCCCN2C1=O. The predicted molar refractivity (Wildman–Crippen MR) is 171 cm³/mol. The Labute approximate surface area is 265 Å². The molecule has 2 saturated heterocycles. The van der Waals surface area contributed by atoms with Gasteiger partial charge in [-0.2, -0.15) is 4.73 Å². The first-order chi connectivity index (χ1) is 21.6. The van der Waals surface area contributed by atoms with Crippen LogP contribution < -0.4 is 20.8 Å². The Balaban J connectivity index is 1.65. The third-order valence-corrected chi connectivity index (χ3v) is 9.28. The van der Waals surface area contributed by atoms with Crippen molar-refractivity contribution in [2.24, 2.45) is 5.92 Å². The number of carbonyl (C=O) groups is 5. The van der Waals surface area contributed by atoms with Gasteiger partial charge in [0, 0.05) is 31.0 Å². The number of hydrogen-bond donors (Lipinski definition) is 3. The standard InChI is InChI=1S/C34H49N5O6/c1-5-22(2)30-34(44)38-19-13-12-18-29(38)33(43)35-26(16-9-7-6-8-14-23(3)40)31(41)36-27(32(42)37-30)20-24-21-39(45-4)28-17-11-10-15-25(24)28/h10-11,15,17,21-22,26-27,29-30H,5-9,12-14,16,18-20H2,1-4H3,(H,35,43)(H,36,41)(H,37,42)/t22?,26-,27-,29+,30-/m0/s1. The van der Waals surface area contributed by atoms with Crippen LogP contribution in [0.1, 0.15) is 90.5 Å². The molecule has 1 aromatic carbocycles. The number of benzene rings is 1. The van der Waals surface area contributed by atoms with E-state index >= 15 is 0 Å². The second kappa shape index (κ2) is 15.9. The quantitative estimate of drug-likeness (QED) is 0.311. The van der Waals surface area contributed by atoms with Gasteiger partial charge in [0.05, 0.1) is 5.52 Å². The third kappa shape index (κ3) is 8.43. The summed E-state index contributed by atoms with van der Waals surface area (Å²) in [7, 11) is 1.56. The predicted octanol–water partition coefficient (Wildman–Crippen LogP) is 3.07. The molecule has 246 valence electrons. The maximum Gasteiger partial charge on any atom is 0.246 e. The number of nitrogens with zero attached hydrogens (tertiary/aromatic N) is 2. The number of amides is 4. The van der Waals surface area contributed by atoms with Crippen molar-refractivity contribution in [2.45, 2.75) is 116 Å². The van der Waals surface area contributed by atoms with Crippen LogP contribution in [-0.4, -0.2) is 76.9 Å². The lowest BCUT2D eigenvalue weighted by molar-refractivity contribution is -0.147. The maximum atomic E-state index is 14.0. The van der Waals surface area contributed by atoms with Gasteiger partial charge >= 0.3 is 0 Å². The largest absolute Gasteiger partial charge is 0.417 e. The fraction of sp³-hybridized carbons (Fsp3) is 0.618. The van der Waals surface area contributed by atoms with Gasteiger partial charge in [0.25, 0.3) is 0 Å². The molecule has 0 spiro atoms. The number of nitrogens with one attached hydrogen (secondary N) is 3. The number of rotatable bonds is 12. The molecular formula is C34H49N5O6. The van der Waals surface area contributed by atoms with Crippen LogP contribution in [0.3, 0.4) is 0 Å². The molecule has 2 aliphatic heterocycles. The van der Waals surface area contributed by atoms with Gasteiger partial charge < -0.3 is 30.5 Å². The zero-order valence-electron chi connectivity index (χ0n) is 27.1. The van der Waals surface area contributed by atoms with Crippen LogP contribution >= 0.6 is 0 Å². The van der Waals surface area contributed by atoms with Gasteiger partial charge in [0.15, 0.2) is 0 Å². The minimum Gasteiger partial charge on any atom is -0.417 e. The zero-order chi connectivity index (χ0) is 32.5. The topological polar surface area (TPSA) is 139 Å². The first-order valence-electron chi connectivity index (χ1n) is 16.5. The summed E-state index contributed by atoms with van der Waals surface area (Å²) < 4.78 is 1.62. The van der Waals surface area contributed by atoms with Gasteiger partial charge in [0.2, 0.25) is 23.6 Å². The lowest BCUT2D eigenvalue weighted by Crippen LogP contribution is -2.64. The molecule has 3 heterocycles. The molecule has 0 radical (unpaired) electrons. The van der Waals surface area contributed by atoms with Gasteiger partial charge in [-0.05, 0) is 56.6 Å². The van der Waals surface area contributed by atoms with Crippen molar-refractivity contribution in [1.29, 1.82) is 0 Å². The number of fused-ring (bicyclic) bond motifs is 2. The Bertz CT molecular complexity index is 1370. The highest BCUT2D eigenvalue weighted by atomic mass is 16.6. The van der Waals surface area contributed by atoms with E-state index in [0.29, 0.717) is 38.6 Å². The number of unbranched alkanes of at least 4 members (excludes halogenated alkanes) is 3. The summed E-state index contributed by atoms with van der Waals surface area (Å²) in [5.41, 5.74) is 1.63. The molecule has 11 nitrogen and oxygen atoms in total. The second-order valence-corrected chi connectivity index (χ2v) is 12.6. The molecule has 0 aliphatic carbocycles. The van der Waals surface area contributed by atoms with E-state index in [2.05, 4.69) is 16.0 Å². The average molecular weight is 624 g/mol. The lowest BCUT2D eigenvalue weighted by Gasteiger charge is -2.39. The number of hydrogen-bond acceptors (Lipinski definition) is 6. The van der Waals surface area contributed by atoms with Crippen LogP contribution in [-0.2, 0) is 30.4 Å². The van der Waals surface area contributed by atoms with Crippen molar-refractivity contribution in [3.63, 3.8) is 0 Å². The highest BCUT2D eigenvalue weighted by molar-refractivity contribution is 5.98. The van der Waals surface area contributed by atoms with Crippen molar-refractivity contribution < 1.29 is 28.8 Å². The van der Waals surface area contributed by atoms with E-state index in [4.69, 9.17) is 4.84 Å². The van der Waals surface area contributed by atoms with Crippen LogP contribution in [0, 0.1) is 5.92 Å². The first-order valence-corrected chi connectivity index (χ1v) is 16.5. The smallest absolute Gasteiger partial charge is 0.246 e. The number of ketones is 1. The summed E-state index contributed by atoms with van der Waals surface area (Å²) in [5.74, 6) is -1.51. The summed E-state index contributed by atoms with van der Waals surface area (Å²) in [6.07, 6.45) is 8.69. The fourth-order valence-electron chi connectivity index (χ4n) is 6.43.